The summed E-state index contributed by atoms with van der Waals surface area (Å²) in [7, 11) is -1.77. The molecule has 17 heavy (non-hydrogen) atoms. The second-order valence-corrected chi connectivity index (χ2v) is 6.29. The van der Waals surface area contributed by atoms with Gasteiger partial charge in [-0.15, -0.1) is 0 Å². The maximum Gasteiger partial charge on any atom is 0.246 e. The highest BCUT2D eigenvalue weighted by molar-refractivity contribution is 7.89. The molecule has 0 saturated carbocycles. The lowest BCUT2D eigenvalue weighted by Crippen LogP contribution is -2.38. The number of hydrogen-bond acceptors (Lipinski definition) is 3. The minimum absolute atomic E-state index is 0.00958. The number of halogens is 1. The van der Waals surface area contributed by atoms with E-state index in [9.17, 15) is 12.8 Å². The molecular formula is C10H16FN3O2S. The van der Waals surface area contributed by atoms with Crippen molar-refractivity contribution in [1.29, 1.82) is 0 Å². The van der Waals surface area contributed by atoms with E-state index in [2.05, 4.69) is 5.10 Å². The highest BCUT2D eigenvalue weighted by Gasteiger charge is 2.30. The van der Waals surface area contributed by atoms with Crippen LogP contribution in [0.15, 0.2) is 17.3 Å². The van der Waals surface area contributed by atoms with E-state index in [-0.39, 0.29) is 17.5 Å². The third-order valence-corrected chi connectivity index (χ3v) is 4.96. The number of rotatable bonds is 3. The summed E-state index contributed by atoms with van der Waals surface area (Å²) in [6, 6.07) is 0. The summed E-state index contributed by atoms with van der Waals surface area (Å²) in [4.78, 5) is 0.207. The predicted octanol–water partition coefficient (Wildman–Crippen LogP) is 0.790. The Kier molecular flexibility index (Phi) is 3.48. The molecule has 7 heteroatoms. The van der Waals surface area contributed by atoms with E-state index < -0.39 is 10.0 Å². The van der Waals surface area contributed by atoms with Crippen LogP contribution < -0.4 is 0 Å². The molecule has 1 aliphatic heterocycles. The van der Waals surface area contributed by atoms with Crippen LogP contribution in [0.3, 0.4) is 0 Å². The number of nitrogens with zero attached hydrogens (tertiary/aromatic N) is 3. The van der Waals surface area contributed by atoms with Crippen molar-refractivity contribution in [3.8, 4) is 0 Å². The molecule has 96 valence electrons. The number of aryl methyl sites for hydroxylation is 1. The largest absolute Gasteiger partial charge is 0.274 e. The molecule has 1 saturated heterocycles. The average Bonchev–Trinajstić information content (AvgIpc) is 2.77. The van der Waals surface area contributed by atoms with Crippen molar-refractivity contribution in [2.45, 2.75) is 17.7 Å². The van der Waals surface area contributed by atoms with Gasteiger partial charge in [-0.1, -0.05) is 0 Å². The van der Waals surface area contributed by atoms with Crippen LogP contribution in [0.4, 0.5) is 4.39 Å². The molecule has 0 bridgehead atoms. The van der Waals surface area contributed by atoms with Gasteiger partial charge in [0.15, 0.2) is 0 Å². The number of hydrogen-bond donors (Lipinski definition) is 0. The second-order valence-electron chi connectivity index (χ2n) is 4.35. The highest BCUT2D eigenvalue weighted by atomic mass is 32.2. The molecular weight excluding hydrogens is 245 g/mol. The lowest BCUT2D eigenvalue weighted by atomic mass is 10.0. The third-order valence-electron chi connectivity index (χ3n) is 3.11. The molecule has 1 fully saturated rings. The molecule has 0 atom stereocenters. The van der Waals surface area contributed by atoms with Gasteiger partial charge in [0.25, 0.3) is 0 Å². The van der Waals surface area contributed by atoms with Gasteiger partial charge in [-0.25, -0.2) is 8.42 Å². The van der Waals surface area contributed by atoms with Crippen LogP contribution in [0, 0.1) is 5.92 Å². The molecule has 0 N–H and O–H groups in total. The van der Waals surface area contributed by atoms with E-state index in [1.807, 2.05) is 0 Å². The van der Waals surface area contributed by atoms with Gasteiger partial charge in [0.2, 0.25) is 10.0 Å². The average molecular weight is 261 g/mol. The van der Waals surface area contributed by atoms with Crippen LogP contribution in [0.1, 0.15) is 12.8 Å². The number of aromatic nitrogens is 2. The summed E-state index contributed by atoms with van der Waals surface area (Å²) in [5.41, 5.74) is 0. The molecule has 1 aromatic heterocycles. The first-order valence-corrected chi connectivity index (χ1v) is 7.03. The van der Waals surface area contributed by atoms with Crippen LogP contribution in [0.5, 0.6) is 0 Å². The van der Waals surface area contributed by atoms with Crippen LogP contribution in [0.25, 0.3) is 0 Å². The van der Waals surface area contributed by atoms with Crippen molar-refractivity contribution in [3.63, 3.8) is 0 Å². The van der Waals surface area contributed by atoms with Crippen LogP contribution in [-0.2, 0) is 17.1 Å². The van der Waals surface area contributed by atoms with Gasteiger partial charge in [0.1, 0.15) is 4.90 Å². The molecule has 0 amide bonds. The van der Waals surface area contributed by atoms with E-state index in [1.165, 1.54) is 21.4 Å². The molecule has 0 unspecified atom stereocenters. The molecule has 0 radical (unpaired) electrons. The standard InChI is InChI=1S/C10H16FN3O2S/c1-13-8-10(7-12-13)17(15,16)14-4-2-9(6-11)3-5-14/h7-9H,2-6H2,1H3. The topological polar surface area (TPSA) is 55.2 Å². The van der Waals surface area contributed by atoms with Crippen LogP contribution in [-0.4, -0.2) is 42.3 Å². The Morgan fingerprint density at radius 3 is 2.59 bits per heavy atom. The van der Waals surface area contributed by atoms with Crippen molar-refractivity contribution in [1.82, 2.24) is 14.1 Å². The van der Waals surface area contributed by atoms with Crippen molar-refractivity contribution < 1.29 is 12.8 Å². The normalized spacial score (nSPS) is 19.6. The van der Waals surface area contributed by atoms with Gasteiger partial charge < -0.3 is 0 Å². The summed E-state index contributed by atoms with van der Waals surface area (Å²) < 4.78 is 39.7. The first-order valence-electron chi connectivity index (χ1n) is 5.59. The number of alkyl halides is 1. The maximum atomic E-state index is 12.4. The zero-order chi connectivity index (χ0) is 12.5. The van der Waals surface area contributed by atoms with E-state index in [0.29, 0.717) is 25.9 Å². The molecule has 1 aromatic rings. The van der Waals surface area contributed by atoms with Gasteiger partial charge in [-0.3, -0.25) is 9.07 Å². The lowest BCUT2D eigenvalue weighted by Gasteiger charge is -2.29. The lowest BCUT2D eigenvalue weighted by molar-refractivity contribution is 0.233. The van der Waals surface area contributed by atoms with Gasteiger partial charge in [0, 0.05) is 26.3 Å². The summed E-state index contributed by atoms with van der Waals surface area (Å²) in [5.74, 6) is 0.00958. The molecule has 0 aromatic carbocycles. The first-order chi connectivity index (χ1) is 8.04. The zero-order valence-corrected chi connectivity index (χ0v) is 10.5. The third kappa shape index (κ3) is 2.50. The monoisotopic (exact) mass is 261 g/mol. The van der Waals surface area contributed by atoms with Crippen LogP contribution >= 0.6 is 0 Å². The SMILES string of the molecule is Cn1cc(S(=O)(=O)N2CCC(CF)CC2)cn1. The Bertz CT molecular complexity index is 477. The van der Waals surface area contributed by atoms with Gasteiger partial charge in [-0.2, -0.15) is 9.40 Å². The van der Waals surface area contributed by atoms with Gasteiger partial charge >= 0.3 is 0 Å². The molecule has 1 aliphatic rings. The van der Waals surface area contributed by atoms with E-state index in [4.69, 9.17) is 0 Å². The fourth-order valence-corrected chi connectivity index (χ4v) is 3.44. The van der Waals surface area contributed by atoms with Crippen molar-refractivity contribution in [3.05, 3.63) is 12.4 Å². The summed E-state index contributed by atoms with van der Waals surface area (Å²) in [6.07, 6.45) is 4.01. The maximum absolute atomic E-state index is 12.4. The predicted molar refractivity (Wildman–Crippen MR) is 60.7 cm³/mol. The molecule has 5 nitrogen and oxygen atoms in total. The molecule has 0 spiro atoms. The Labute approximate surface area is 100 Å². The minimum atomic E-state index is -3.45. The Hall–Kier alpha value is -0.950. The van der Waals surface area contributed by atoms with Crippen molar-refractivity contribution >= 4 is 10.0 Å². The smallest absolute Gasteiger partial charge is 0.246 e. The van der Waals surface area contributed by atoms with E-state index in [0.717, 1.165) is 0 Å². The van der Waals surface area contributed by atoms with E-state index >= 15 is 0 Å². The van der Waals surface area contributed by atoms with Gasteiger partial charge in [-0.05, 0) is 18.8 Å². The van der Waals surface area contributed by atoms with Crippen molar-refractivity contribution in [2.75, 3.05) is 19.8 Å². The Balaban J connectivity index is 2.12. The first kappa shape index (κ1) is 12.5. The second kappa shape index (κ2) is 4.73. The number of sulfonamides is 1. The molecule has 2 heterocycles. The summed E-state index contributed by atoms with van der Waals surface area (Å²) in [5, 5.41) is 3.86. The van der Waals surface area contributed by atoms with Crippen molar-refractivity contribution in [2.24, 2.45) is 13.0 Å². The molecule has 2 rings (SSSR count). The van der Waals surface area contributed by atoms with Gasteiger partial charge in [0.05, 0.1) is 12.9 Å². The van der Waals surface area contributed by atoms with Crippen LogP contribution in [0.2, 0.25) is 0 Å². The quantitative estimate of drug-likeness (QED) is 0.808. The fourth-order valence-electron chi connectivity index (χ4n) is 1.98. The summed E-state index contributed by atoms with van der Waals surface area (Å²) >= 11 is 0. The molecule has 0 aliphatic carbocycles. The Morgan fingerprint density at radius 2 is 2.12 bits per heavy atom. The summed E-state index contributed by atoms with van der Waals surface area (Å²) in [6.45, 7) is 0.429. The highest BCUT2D eigenvalue weighted by Crippen LogP contribution is 2.23. The minimum Gasteiger partial charge on any atom is -0.274 e. The number of piperidine rings is 1. The zero-order valence-electron chi connectivity index (χ0n) is 9.71. The fraction of sp³-hybridized carbons (Fsp3) is 0.700. The Morgan fingerprint density at radius 1 is 1.47 bits per heavy atom. The van der Waals surface area contributed by atoms with E-state index in [1.54, 1.807) is 7.05 Å².